The molecule has 1 aromatic carbocycles. The summed E-state index contributed by atoms with van der Waals surface area (Å²) >= 11 is 0. The molecule has 6 heteroatoms. The highest BCUT2D eigenvalue weighted by atomic mass is 32.2. The summed E-state index contributed by atoms with van der Waals surface area (Å²) in [6.07, 6.45) is 0.624. The zero-order valence-corrected chi connectivity index (χ0v) is 12.4. The average molecular weight is 283 g/mol. The van der Waals surface area contributed by atoms with Crippen molar-refractivity contribution in [3.8, 4) is 0 Å². The fourth-order valence-corrected chi connectivity index (χ4v) is 3.03. The van der Waals surface area contributed by atoms with Crippen molar-refractivity contribution >= 4 is 21.5 Å². The number of benzene rings is 1. The van der Waals surface area contributed by atoms with Gasteiger partial charge in [0, 0.05) is 12.6 Å². The van der Waals surface area contributed by atoms with E-state index in [2.05, 4.69) is 0 Å². The molecule has 0 spiro atoms. The van der Waals surface area contributed by atoms with E-state index in [0.717, 1.165) is 0 Å². The predicted octanol–water partition coefficient (Wildman–Crippen LogP) is 1.78. The van der Waals surface area contributed by atoms with Crippen LogP contribution in [0.5, 0.6) is 0 Å². The van der Waals surface area contributed by atoms with Crippen molar-refractivity contribution in [2.75, 3.05) is 17.1 Å². The number of hydrogen-bond acceptors (Lipinski definition) is 3. The molecule has 1 aromatic rings. The largest absolute Gasteiger partial charge is 0.384 e. The molecule has 0 aliphatic carbocycles. The number of hydrogen-bond donors (Lipinski definition) is 2. The summed E-state index contributed by atoms with van der Waals surface area (Å²) in [4.78, 5) is 0. The van der Waals surface area contributed by atoms with Gasteiger partial charge in [0.25, 0.3) is 0 Å². The monoisotopic (exact) mass is 283 g/mol. The van der Waals surface area contributed by atoms with Gasteiger partial charge in [-0.2, -0.15) is 0 Å². The zero-order valence-electron chi connectivity index (χ0n) is 11.6. The van der Waals surface area contributed by atoms with Crippen LogP contribution >= 0.6 is 0 Å². The summed E-state index contributed by atoms with van der Waals surface area (Å²) in [6.45, 7) is 3.98. The van der Waals surface area contributed by atoms with Crippen molar-refractivity contribution in [1.82, 2.24) is 0 Å². The molecule has 106 valence electrons. The van der Waals surface area contributed by atoms with Crippen molar-refractivity contribution in [3.05, 3.63) is 29.8 Å². The second-order valence-corrected chi connectivity index (χ2v) is 7.05. The maximum Gasteiger partial charge on any atom is 0.234 e. The minimum absolute atomic E-state index is 0.0742. The maximum atomic E-state index is 12.2. The number of nitrogen functional groups attached to an aromatic ring is 1. The molecule has 19 heavy (non-hydrogen) atoms. The lowest BCUT2D eigenvalue weighted by atomic mass is 10.2. The van der Waals surface area contributed by atoms with E-state index in [-0.39, 0.29) is 11.6 Å². The summed E-state index contributed by atoms with van der Waals surface area (Å²) in [5.41, 5.74) is 6.45. The number of anilines is 1. The molecule has 0 aliphatic rings. The summed E-state index contributed by atoms with van der Waals surface area (Å²) < 4.78 is 25.6. The normalized spacial score (nSPS) is 11.6. The van der Waals surface area contributed by atoms with Gasteiger partial charge in [0.2, 0.25) is 10.0 Å². The van der Waals surface area contributed by atoms with Gasteiger partial charge in [-0.15, -0.1) is 0 Å². The Bertz CT molecular complexity index is 553. The van der Waals surface area contributed by atoms with Gasteiger partial charge in [0.05, 0.1) is 11.4 Å². The first-order valence-corrected chi connectivity index (χ1v) is 7.76. The lowest BCUT2D eigenvalue weighted by Crippen LogP contribution is -2.29. The van der Waals surface area contributed by atoms with Crippen LogP contribution in [0.25, 0.3) is 0 Å². The van der Waals surface area contributed by atoms with Gasteiger partial charge in [-0.3, -0.25) is 9.71 Å². The van der Waals surface area contributed by atoms with Crippen molar-refractivity contribution in [2.45, 2.75) is 20.3 Å². The molecule has 3 N–H and O–H groups in total. The quantitative estimate of drug-likeness (QED) is 0.616. The van der Waals surface area contributed by atoms with Crippen LogP contribution in [0, 0.1) is 11.3 Å². The summed E-state index contributed by atoms with van der Waals surface area (Å²) in [5.74, 6) is 0.382. The Balaban J connectivity index is 2.96. The summed E-state index contributed by atoms with van der Waals surface area (Å²) in [5, 5.41) is 7.38. The van der Waals surface area contributed by atoms with E-state index in [9.17, 15) is 8.42 Å². The molecule has 0 radical (unpaired) electrons. The van der Waals surface area contributed by atoms with Crippen LogP contribution in [-0.2, 0) is 10.0 Å². The molecule has 0 atom stereocenters. The van der Waals surface area contributed by atoms with Gasteiger partial charge in [0.1, 0.15) is 5.84 Å². The van der Waals surface area contributed by atoms with Gasteiger partial charge >= 0.3 is 0 Å². The Morgan fingerprint density at radius 2 is 2.05 bits per heavy atom. The molecule has 0 fully saturated rings. The second-order valence-electron chi connectivity index (χ2n) is 4.93. The second kappa shape index (κ2) is 6.06. The van der Waals surface area contributed by atoms with E-state index in [1.807, 2.05) is 13.8 Å². The molecule has 0 unspecified atom stereocenters. The highest BCUT2D eigenvalue weighted by molar-refractivity contribution is 7.92. The van der Waals surface area contributed by atoms with E-state index < -0.39 is 10.0 Å². The standard InChI is InChI=1S/C13H21N3O2S/c1-10(2)7-8-19(17,18)16(3)12-6-4-5-11(9-12)13(14)15/h4-6,9-10H,7-8H2,1-3H3,(H3,14,15). The van der Waals surface area contributed by atoms with Crippen LogP contribution < -0.4 is 10.0 Å². The van der Waals surface area contributed by atoms with Gasteiger partial charge < -0.3 is 5.73 Å². The van der Waals surface area contributed by atoms with Crippen LogP contribution in [0.4, 0.5) is 5.69 Å². The van der Waals surface area contributed by atoms with Gasteiger partial charge in [-0.1, -0.05) is 26.0 Å². The molecule has 0 aliphatic heterocycles. The molecule has 0 heterocycles. The summed E-state index contributed by atoms with van der Waals surface area (Å²) in [6, 6.07) is 6.68. The van der Waals surface area contributed by atoms with E-state index in [0.29, 0.717) is 23.6 Å². The number of sulfonamides is 1. The van der Waals surface area contributed by atoms with Gasteiger partial charge in [-0.25, -0.2) is 8.42 Å². The number of rotatable bonds is 6. The lowest BCUT2D eigenvalue weighted by molar-refractivity contribution is 0.572. The molecular formula is C13H21N3O2S. The highest BCUT2D eigenvalue weighted by Gasteiger charge is 2.19. The van der Waals surface area contributed by atoms with Crippen LogP contribution in [0.3, 0.4) is 0 Å². The number of amidine groups is 1. The topological polar surface area (TPSA) is 87.2 Å². The highest BCUT2D eigenvalue weighted by Crippen LogP contribution is 2.19. The number of nitrogens with one attached hydrogen (secondary N) is 1. The SMILES string of the molecule is CC(C)CCS(=O)(=O)N(C)c1cccc(C(=N)N)c1. The third-order valence-electron chi connectivity index (χ3n) is 2.89. The zero-order chi connectivity index (χ0) is 14.6. The molecule has 0 aromatic heterocycles. The third kappa shape index (κ3) is 4.24. The predicted molar refractivity (Wildman–Crippen MR) is 79.1 cm³/mol. The van der Waals surface area contributed by atoms with E-state index in [1.165, 1.54) is 11.4 Å². The fourth-order valence-electron chi connectivity index (χ4n) is 1.55. The van der Waals surface area contributed by atoms with E-state index in [1.54, 1.807) is 24.3 Å². The smallest absolute Gasteiger partial charge is 0.234 e. The van der Waals surface area contributed by atoms with Crippen LogP contribution in [0.15, 0.2) is 24.3 Å². The molecule has 0 saturated carbocycles. The van der Waals surface area contributed by atoms with Gasteiger partial charge in [-0.05, 0) is 24.5 Å². The Kier molecular flexibility index (Phi) is 4.94. The molecule has 0 amide bonds. The van der Waals surface area contributed by atoms with Crippen molar-refractivity contribution in [2.24, 2.45) is 11.7 Å². The van der Waals surface area contributed by atoms with E-state index in [4.69, 9.17) is 11.1 Å². The van der Waals surface area contributed by atoms with Crippen LogP contribution in [0.1, 0.15) is 25.8 Å². The first-order chi connectivity index (χ1) is 8.74. The van der Waals surface area contributed by atoms with Gasteiger partial charge in [0.15, 0.2) is 0 Å². The minimum Gasteiger partial charge on any atom is -0.384 e. The summed E-state index contributed by atoms with van der Waals surface area (Å²) in [7, 11) is -1.81. The number of nitrogens with zero attached hydrogens (tertiary/aromatic N) is 1. The Morgan fingerprint density at radius 1 is 1.42 bits per heavy atom. The first kappa shape index (κ1) is 15.5. The molecule has 5 nitrogen and oxygen atoms in total. The Labute approximate surface area is 115 Å². The Hall–Kier alpha value is -1.56. The fraction of sp³-hybridized carbons (Fsp3) is 0.462. The van der Waals surface area contributed by atoms with E-state index >= 15 is 0 Å². The molecule has 0 bridgehead atoms. The third-order valence-corrected chi connectivity index (χ3v) is 4.69. The van der Waals surface area contributed by atoms with Crippen LogP contribution in [0.2, 0.25) is 0 Å². The lowest BCUT2D eigenvalue weighted by Gasteiger charge is -2.20. The first-order valence-electron chi connectivity index (χ1n) is 6.15. The van der Waals surface area contributed by atoms with Crippen molar-refractivity contribution in [1.29, 1.82) is 5.41 Å². The molecule has 1 rings (SSSR count). The average Bonchev–Trinajstić information content (AvgIpc) is 2.35. The molecule has 0 saturated heterocycles. The number of nitrogens with two attached hydrogens (primary N) is 1. The van der Waals surface area contributed by atoms with Crippen molar-refractivity contribution in [3.63, 3.8) is 0 Å². The Morgan fingerprint density at radius 3 is 2.58 bits per heavy atom. The molecular weight excluding hydrogens is 262 g/mol. The van der Waals surface area contributed by atoms with Crippen molar-refractivity contribution < 1.29 is 8.42 Å². The minimum atomic E-state index is -3.33. The van der Waals surface area contributed by atoms with Crippen LogP contribution in [-0.4, -0.2) is 27.1 Å². The maximum absolute atomic E-state index is 12.2.